The number of thiocarbonyl (C=S) groups is 1. The second-order valence-corrected chi connectivity index (χ2v) is 6.82. The molecule has 0 spiro atoms. The SMILES string of the molecule is COCCOC(=O)C1=C(C)N(C)C(=S)N[C@H]1c1cc(C)c(OC(F)F)c(C)c1. The number of allylic oxidation sites excluding steroid dienone is 1. The van der Waals surface area contributed by atoms with Gasteiger partial charge in [0.15, 0.2) is 5.11 Å². The van der Waals surface area contributed by atoms with Crippen LogP contribution < -0.4 is 10.1 Å². The zero-order chi connectivity index (χ0) is 21.0. The summed E-state index contributed by atoms with van der Waals surface area (Å²) in [6.45, 7) is 2.62. The number of aryl methyl sites for hydroxylation is 2. The highest BCUT2D eigenvalue weighted by Gasteiger charge is 2.34. The number of carbonyl (C=O) groups is 1. The van der Waals surface area contributed by atoms with E-state index in [0.717, 1.165) is 0 Å². The number of halogens is 2. The third kappa shape index (κ3) is 4.77. The predicted molar refractivity (Wildman–Crippen MR) is 104 cm³/mol. The second-order valence-electron chi connectivity index (χ2n) is 6.43. The lowest BCUT2D eigenvalue weighted by atomic mass is 9.92. The Balaban J connectivity index is 2.46. The van der Waals surface area contributed by atoms with Crippen LogP contribution in [0, 0.1) is 13.8 Å². The van der Waals surface area contributed by atoms with Crippen molar-refractivity contribution in [2.24, 2.45) is 0 Å². The van der Waals surface area contributed by atoms with E-state index in [2.05, 4.69) is 10.1 Å². The maximum atomic E-state index is 12.7. The third-order valence-corrected chi connectivity index (χ3v) is 4.91. The van der Waals surface area contributed by atoms with E-state index in [1.54, 1.807) is 44.9 Å². The van der Waals surface area contributed by atoms with E-state index in [1.807, 2.05) is 0 Å². The van der Waals surface area contributed by atoms with E-state index in [1.165, 1.54) is 7.11 Å². The molecule has 0 aliphatic carbocycles. The molecule has 0 amide bonds. The van der Waals surface area contributed by atoms with Gasteiger partial charge in [-0.3, -0.25) is 0 Å². The van der Waals surface area contributed by atoms with E-state index in [9.17, 15) is 13.6 Å². The normalized spacial score (nSPS) is 17.1. The lowest BCUT2D eigenvalue weighted by Gasteiger charge is -2.35. The highest BCUT2D eigenvalue weighted by atomic mass is 32.1. The smallest absolute Gasteiger partial charge is 0.387 e. The molecule has 0 saturated carbocycles. The van der Waals surface area contributed by atoms with Crippen molar-refractivity contribution in [3.05, 3.63) is 40.1 Å². The van der Waals surface area contributed by atoms with E-state index < -0.39 is 18.6 Å². The summed E-state index contributed by atoms with van der Waals surface area (Å²) in [7, 11) is 3.27. The van der Waals surface area contributed by atoms with Gasteiger partial charge < -0.3 is 24.4 Å². The number of alkyl halides is 2. The van der Waals surface area contributed by atoms with Crippen molar-refractivity contribution in [1.29, 1.82) is 0 Å². The van der Waals surface area contributed by atoms with Crippen LogP contribution in [0.5, 0.6) is 5.75 Å². The molecule has 1 aliphatic rings. The van der Waals surface area contributed by atoms with Crippen LogP contribution >= 0.6 is 12.2 Å². The number of hydrogen-bond donors (Lipinski definition) is 1. The summed E-state index contributed by atoms with van der Waals surface area (Å²) in [5.41, 5.74) is 2.82. The lowest BCUT2D eigenvalue weighted by Crippen LogP contribution is -2.46. The van der Waals surface area contributed by atoms with Gasteiger partial charge in [0.05, 0.1) is 18.2 Å². The molecule has 154 valence electrons. The topological polar surface area (TPSA) is 60.0 Å². The Morgan fingerprint density at radius 2 is 1.86 bits per heavy atom. The van der Waals surface area contributed by atoms with Crippen LogP contribution in [0.4, 0.5) is 8.78 Å². The number of hydrogen-bond acceptors (Lipinski definition) is 5. The van der Waals surface area contributed by atoms with Gasteiger partial charge in [-0.2, -0.15) is 8.78 Å². The highest BCUT2D eigenvalue weighted by Crippen LogP contribution is 2.35. The first kappa shape index (κ1) is 22.0. The largest absolute Gasteiger partial charge is 0.460 e. The third-order valence-electron chi connectivity index (χ3n) is 4.52. The molecule has 0 saturated heterocycles. The Hall–Kier alpha value is -2.26. The maximum Gasteiger partial charge on any atom is 0.387 e. The van der Waals surface area contributed by atoms with Gasteiger partial charge in [-0.05, 0) is 61.8 Å². The molecule has 28 heavy (non-hydrogen) atoms. The average molecular weight is 414 g/mol. The summed E-state index contributed by atoms with van der Waals surface area (Å²) in [6, 6.07) is 2.83. The molecule has 1 N–H and O–H groups in total. The summed E-state index contributed by atoms with van der Waals surface area (Å²) >= 11 is 5.36. The summed E-state index contributed by atoms with van der Waals surface area (Å²) in [5, 5.41) is 3.57. The molecule has 0 fully saturated rings. The van der Waals surface area contributed by atoms with Crippen molar-refractivity contribution in [1.82, 2.24) is 10.2 Å². The fraction of sp³-hybridized carbons (Fsp3) is 0.474. The molecular weight excluding hydrogens is 390 g/mol. The highest BCUT2D eigenvalue weighted by molar-refractivity contribution is 7.80. The number of carbonyl (C=O) groups excluding carboxylic acids is 1. The number of rotatable bonds is 7. The minimum atomic E-state index is -2.91. The zero-order valence-corrected chi connectivity index (χ0v) is 17.3. The van der Waals surface area contributed by atoms with Crippen LogP contribution in [0.15, 0.2) is 23.4 Å². The molecule has 0 unspecified atom stereocenters. The van der Waals surface area contributed by atoms with Crippen LogP contribution in [0.3, 0.4) is 0 Å². The Bertz CT molecular complexity index is 775. The zero-order valence-electron chi connectivity index (χ0n) is 16.5. The fourth-order valence-corrected chi connectivity index (χ4v) is 3.33. The number of ether oxygens (including phenoxy) is 3. The first-order valence-corrected chi connectivity index (χ1v) is 9.05. The predicted octanol–water partition coefficient (Wildman–Crippen LogP) is 3.23. The summed E-state index contributed by atoms with van der Waals surface area (Å²) < 4.78 is 40.2. The van der Waals surface area contributed by atoms with Gasteiger partial charge in [0.25, 0.3) is 0 Å². The quantitative estimate of drug-likeness (QED) is 0.418. The molecule has 2 rings (SSSR count). The van der Waals surface area contributed by atoms with Gasteiger partial charge in [-0.15, -0.1) is 0 Å². The molecule has 1 aromatic carbocycles. The van der Waals surface area contributed by atoms with E-state index in [-0.39, 0.29) is 19.0 Å². The Kier molecular flexibility index (Phi) is 7.31. The summed E-state index contributed by atoms with van der Waals surface area (Å²) in [5.74, 6) is -0.371. The minimum absolute atomic E-state index is 0.117. The minimum Gasteiger partial charge on any atom is -0.460 e. The molecule has 0 bridgehead atoms. The molecule has 1 atom stereocenters. The maximum absolute atomic E-state index is 12.7. The van der Waals surface area contributed by atoms with Gasteiger partial charge in [-0.1, -0.05) is 0 Å². The molecule has 1 heterocycles. The van der Waals surface area contributed by atoms with Crippen molar-refractivity contribution < 1.29 is 27.8 Å². The van der Waals surface area contributed by atoms with Crippen molar-refractivity contribution in [3.8, 4) is 5.75 Å². The Labute approximate surface area is 168 Å². The number of nitrogens with one attached hydrogen (secondary N) is 1. The van der Waals surface area contributed by atoms with Crippen molar-refractivity contribution in [2.45, 2.75) is 33.4 Å². The first-order chi connectivity index (χ1) is 13.2. The fourth-order valence-electron chi connectivity index (χ4n) is 3.07. The van der Waals surface area contributed by atoms with Crippen molar-refractivity contribution >= 4 is 23.3 Å². The Morgan fingerprint density at radius 3 is 2.39 bits per heavy atom. The lowest BCUT2D eigenvalue weighted by molar-refractivity contribution is -0.140. The van der Waals surface area contributed by atoms with Crippen molar-refractivity contribution in [2.75, 3.05) is 27.4 Å². The van der Waals surface area contributed by atoms with E-state index in [0.29, 0.717) is 33.1 Å². The number of esters is 1. The molecular formula is C19H24F2N2O4S. The van der Waals surface area contributed by atoms with Gasteiger partial charge in [0.1, 0.15) is 12.4 Å². The Morgan fingerprint density at radius 1 is 1.25 bits per heavy atom. The molecule has 6 nitrogen and oxygen atoms in total. The van der Waals surface area contributed by atoms with Gasteiger partial charge in [0, 0.05) is 19.9 Å². The number of methoxy groups -OCH3 is 1. The molecule has 9 heteroatoms. The van der Waals surface area contributed by atoms with Crippen LogP contribution in [-0.4, -0.2) is 50.0 Å². The van der Waals surface area contributed by atoms with Crippen LogP contribution in [0.1, 0.15) is 29.7 Å². The molecule has 0 radical (unpaired) electrons. The second kappa shape index (κ2) is 9.29. The van der Waals surface area contributed by atoms with Crippen molar-refractivity contribution in [3.63, 3.8) is 0 Å². The standard InChI is InChI=1S/C19H24F2N2O4S/c1-10-8-13(9-11(2)16(10)27-18(20)21)15-14(17(24)26-7-6-25-5)12(3)23(4)19(28)22-15/h8-9,15,18H,6-7H2,1-5H3,(H,22,28)/t15-/m0/s1. The van der Waals surface area contributed by atoms with Crippen LogP contribution in [-0.2, 0) is 14.3 Å². The first-order valence-electron chi connectivity index (χ1n) is 8.64. The summed E-state index contributed by atoms with van der Waals surface area (Å²) in [4.78, 5) is 14.4. The van der Waals surface area contributed by atoms with Gasteiger partial charge in [-0.25, -0.2) is 4.79 Å². The number of nitrogens with zero attached hydrogens (tertiary/aromatic N) is 1. The number of benzene rings is 1. The van der Waals surface area contributed by atoms with Gasteiger partial charge in [0.2, 0.25) is 0 Å². The molecule has 1 aliphatic heterocycles. The molecule has 1 aromatic rings. The van der Waals surface area contributed by atoms with E-state index in [4.69, 9.17) is 21.7 Å². The molecule has 0 aromatic heterocycles. The average Bonchev–Trinajstić information content (AvgIpc) is 2.62. The monoisotopic (exact) mass is 414 g/mol. The summed E-state index contributed by atoms with van der Waals surface area (Å²) in [6.07, 6.45) is 0. The van der Waals surface area contributed by atoms with Gasteiger partial charge >= 0.3 is 12.6 Å². The van der Waals surface area contributed by atoms with Crippen LogP contribution in [0.2, 0.25) is 0 Å². The van der Waals surface area contributed by atoms with E-state index >= 15 is 0 Å². The van der Waals surface area contributed by atoms with Crippen LogP contribution in [0.25, 0.3) is 0 Å².